The molecule has 1 heterocycles. The van der Waals surface area contributed by atoms with Gasteiger partial charge in [0.25, 0.3) is 0 Å². The van der Waals surface area contributed by atoms with Gasteiger partial charge >= 0.3 is 0 Å². The highest BCUT2D eigenvalue weighted by Crippen LogP contribution is 2.34. The van der Waals surface area contributed by atoms with Gasteiger partial charge in [0.2, 0.25) is 0 Å². The first kappa shape index (κ1) is 9.38. The summed E-state index contributed by atoms with van der Waals surface area (Å²) in [5.41, 5.74) is 12.4. The lowest BCUT2D eigenvalue weighted by Crippen LogP contribution is -2.01. The lowest BCUT2D eigenvalue weighted by Gasteiger charge is -2.12. The fraction of sp³-hybridized carbons (Fsp3) is 0.500. The SMILES string of the molecule is CCCc1cc(C)c2c(c1N)NCC2. The summed E-state index contributed by atoms with van der Waals surface area (Å²) < 4.78 is 0. The normalized spacial score (nSPS) is 13.9. The third-order valence-electron chi connectivity index (χ3n) is 2.98. The molecule has 1 aromatic carbocycles. The summed E-state index contributed by atoms with van der Waals surface area (Å²) in [6.45, 7) is 5.41. The number of nitrogens with one attached hydrogen (secondary N) is 1. The molecule has 1 aromatic rings. The second-order valence-corrected chi connectivity index (χ2v) is 4.05. The van der Waals surface area contributed by atoms with E-state index in [-0.39, 0.29) is 0 Å². The Kier molecular flexibility index (Phi) is 2.36. The number of nitrogen functional groups attached to an aromatic ring is 1. The summed E-state index contributed by atoms with van der Waals surface area (Å²) in [6.07, 6.45) is 3.36. The van der Waals surface area contributed by atoms with Crippen LogP contribution in [-0.4, -0.2) is 6.54 Å². The van der Waals surface area contributed by atoms with Crippen LogP contribution in [0, 0.1) is 6.92 Å². The van der Waals surface area contributed by atoms with Crippen LogP contribution in [0.1, 0.15) is 30.0 Å². The van der Waals surface area contributed by atoms with Gasteiger partial charge in [-0.25, -0.2) is 0 Å². The van der Waals surface area contributed by atoms with E-state index in [1.807, 2.05) is 0 Å². The molecule has 1 aliphatic heterocycles. The van der Waals surface area contributed by atoms with E-state index in [4.69, 9.17) is 5.73 Å². The molecule has 0 fully saturated rings. The van der Waals surface area contributed by atoms with Gasteiger partial charge in [0.15, 0.2) is 0 Å². The summed E-state index contributed by atoms with van der Waals surface area (Å²) >= 11 is 0. The van der Waals surface area contributed by atoms with Crippen molar-refractivity contribution < 1.29 is 0 Å². The van der Waals surface area contributed by atoms with Crippen LogP contribution in [-0.2, 0) is 12.8 Å². The van der Waals surface area contributed by atoms with Crippen LogP contribution in [0.15, 0.2) is 6.07 Å². The van der Waals surface area contributed by atoms with Crippen molar-refractivity contribution in [1.82, 2.24) is 0 Å². The molecule has 76 valence electrons. The zero-order valence-corrected chi connectivity index (χ0v) is 8.98. The van der Waals surface area contributed by atoms with E-state index in [0.29, 0.717) is 0 Å². The van der Waals surface area contributed by atoms with Gasteiger partial charge in [0, 0.05) is 6.54 Å². The van der Waals surface area contributed by atoms with E-state index in [2.05, 4.69) is 25.2 Å². The lowest BCUT2D eigenvalue weighted by molar-refractivity contribution is 0.922. The summed E-state index contributed by atoms with van der Waals surface area (Å²) in [6, 6.07) is 2.25. The third-order valence-corrected chi connectivity index (χ3v) is 2.98. The molecule has 2 heteroatoms. The quantitative estimate of drug-likeness (QED) is 0.703. The second kappa shape index (κ2) is 3.52. The molecular formula is C12H18N2. The standard InChI is InChI=1S/C12H18N2/c1-3-4-9-7-8(2)10-5-6-14-12(10)11(9)13/h7,14H,3-6,13H2,1-2H3. The van der Waals surface area contributed by atoms with E-state index in [1.54, 1.807) is 0 Å². The van der Waals surface area contributed by atoms with Crippen molar-refractivity contribution in [3.63, 3.8) is 0 Å². The molecule has 1 aliphatic rings. The Morgan fingerprint density at radius 2 is 2.29 bits per heavy atom. The van der Waals surface area contributed by atoms with Gasteiger partial charge in [-0.1, -0.05) is 19.4 Å². The average Bonchev–Trinajstić information content (AvgIpc) is 2.63. The molecule has 0 unspecified atom stereocenters. The molecular weight excluding hydrogens is 172 g/mol. The van der Waals surface area contributed by atoms with Crippen molar-refractivity contribution >= 4 is 11.4 Å². The molecule has 0 radical (unpaired) electrons. The molecule has 0 amide bonds. The third kappa shape index (κ3) is 1.35. The van der Waals surface area contributed by atoms with Crippen molar-refractivity contribution in [3.05, 3.63) is 22.8 Å². The van der Waals surface area contributed by atoms with E-state index in [0.717, 1.165) is 31.5 Å². The molecule has 2 rings (SSSR count). The highest BCUT2D eigenvalue weighted by Gasteiger charge is 2.17. The fourth-order valence-electron chi connectivity index (χ4n) is 2.26. The first-order chi connectivity index (χ1) is 6.74. The Morgan fingerprint density at radius 1 is 1.50 bits per heavy atom. The van der Waals surface area contributed by atoms with E-state index in [9.17, 15) is 0 Å². The number of fused-ring (bicyclic) bond motifs is 1. The van der Waals surface area contributed by atoms with Crippen LogP contribution in [0.2, 0.25) is 0 Å². The number of aryl methyl sites for hydroxylation is 2. The minimum Gasteiger partial charge on any atom is -0.397 e. The van der Waals surface area contributed by atoms with Crippen LogP contribution in [0.5, 0.6) is 0 Å². The topological polar surface area (TPSA) is 38.0 Å². The molecule has 0 bridgehead atoms. The summed E-state index contributed by atoms with van der Waals surface area (Å²) in [5, 5.41) is 3.38. The minimum atomic E-state index is 0.977. The summed E-state index contributed by atoms with van der Waals surface area (Å²) in [5.74, 6) is 0. The van der Waals surface area contributed by atoms with E-state index < -0.39 is 0 Å². The van der Waals surface area contributed by atoms with Gasteiger partial charge < -0.3 is 11.1 Å². The highest BCUT2D eigenvalue weighted by molar-refractivity contribution is 5.77. The number of hydrogen-bond acceptors (Lipinski definition) is 2. The molecule has 0 spiro atoms. The Balaban J connectivity index is 2.50. The first-order valence-corrected chi connectivity index (χ1v) is 5.38. The number of nitrogens with two attached hydrogens (primary N) is 1. The van der Waals surface area contributed by atoms with Crippen molar-refractivity contribution in [1.29, 1.82) is 0 Å². The van der Waals surface area contributed by atoms with Crippen molar-refractivity contribution in [2.24, 2.45) is 0 Å². The van der Waals surface area contributed by atoms with Gasteiger partial charge in [-0.05, 0) is 36.5 Å². The molecule has 0 aromatic heterocycles. The zero-order chi connectivity index (χ0) is 10.1. The van der Waals surface area contributed by atoms with Gasteiger partial charge in [0.1, 0.15) is 0 Å². The Labute approximate surface area is 85.5 Å². The molecule has 3 N–H and O–H groups in total. The van der Waals surface area contributed by atoms with Crippen LogP contribution in [0.3, 0.4) is 0 Å². The summed E-state index contributed by atoms with van der Waals surface area (Å²) in [4.78, 5) is 0. The van der Waals surface area contributed by atoms with Crippen LogP contribution in [0.25, 0.3) is 0 Å². The maximum absolute atomic E-state index is 6.13. The maximum Gasteiger partial charge on any atom is 0.0612 e. The molecule has 0 saturated heterocycles. The molecule has 2 nitrogen and oxygen atoms in total. The lowest BCUT2D eigenvalue weighted by atomic mass is 9.98. The van der Waals surface area contributed by atoms with E-state index in [1.165, 1.54) is 22.4 Å². The first-order valence-electron chi connectivity index (χ1n) is 5.38. The molecule has 0 atom stereocenters. The molecule has 0 aliphatic carbocycles. The molecule has 14 heavy (non-hydrogen) atoms. The Hall–Kier alpha value is -1.18. The summed E-state index contributed by atoms with van der Waals surface area (Å²) in [7, 11) is 0. The number of benzene rings is 1. The average molecular weight is 190 g/mol. The highest BCUT2D eigenvalue weighted by atomic mass is 14.9. The largest absolute Gasteiger partial charge is 0.397 e. The molecule has 0 saturated carbocycles. The fourth-order valence-corrected chi connectivity index (χ4v) is 2.26. The predicted octanol–water partition coefficient (Wildman–Crippen LogP) is 2.50. The zero-order valence-electron chi connectivity index (χ0n) is 8.98. The van der Waals surface area contributed by atoms with Crippen molar-refractivity contribution in [2.75, 3.05) is 17.6 Å². The van der Waals surface area contributed by atoms with E-state index >= 15 is 0 Å². The maximum atomic E-state index is 6.13. The Morgan fingerprint density at radius 3 is 3.00 bits per heavy atom. The number of anilines is 2. The van der Waals surface area contributed by atoms with Crippen LogP contribution >= 0.6 is 0 Å². The van der Waals surface area contributed by atoms with Crippen molar-refractivity contribution in [3.8, 4) is 0 Å². The van der Waals surface area contributed by atoms with Crippen molar-refractivity contribution in [2.45, 2.75) is 33.1 Å². The monoisotopic (exact) mass is 190 g/mol. The van der Waals surface area contributed by atoms with Crippen LogP contribution in [0.4, 0.5) is 11.4 Å². The Bertz CT molecular complexity index is 356. The number of hydrogen-bond donors (Lipinski definition) is 2. The minimum absolute atomic E-state index is 0.977. The van der Waals surface area contributed by atoms with Gasteiger partial charge in [0.05, 0.1) is 11.4 Å². The number of rotatable bonds is 2. The smallest absolute Gasteiger partial charge is 0.0612 e. The van der Waals surface area contributed by atoms with Gasteiger partial charge in [-0.3, -0.25) is 0 Å². The second-order valence-electron chi connectivity index (χ2n) is 4.05. The van der Waals surface area contributed by atoms with Gasteiger partial charge in [-0.2, -0.15) is 0 Å². The van der Waals surface area contributed by atoms with Crippen LogP contribution < -0.4 is 11.1 Å². The van der Waals surface area contributed by atoms with Gasteiger partial charge in [-0.15, -0.1) is 0 Å². The predicted molar refractivity (Wildman–Crippen MR) is 61.8 cm³/mol.